The molecule has 0 saturated carbocycles. The number of nitrogens with zero attached hydrogens (tertiary/aromatic N) is 2. The van der Waals surface area contributed by atoms with Crippen LogP contribution in [-0.4, -0.2) is 33.8 Å². The van der Waals surface area contributed by atoms with Crippen LogP contribution in [0.25, 0.3) is 11.4 Å². The SMILES string of the molecule is CC(C)(C)OC(=O)N[C@@H](CC(=O)NC(Cc1ccccc1)c1nc(-c2ccccc2)no1)Cc1ccccc1F. The van der Waals surface area contributed by atoms with Gasteiger partial charge in [0.05, 0.1) is 0 Å². The van der Waals surface area contributed by atoms with E-state index in [1.165, 1.54) is 6.07 Å². The third-order valence-electron chi connectivity index (χ3n) is 5.97. The van der Waals surface area contributed by atoms with Gasteiger partial charge in [-0.1, -0.05) is 84.0 Å². The number of benzene rings is 3. The maximum Gasteiger partial charge on any atom is 0.407 e. The highest BCUT2D eigenvalue weighted by Gasteiger charge is 2.26. The highest BCUT2D eigenvalue weighted by atomic mass is 19.1. The van der Waals surface area contributed by atoms with Crippen LogP contribution in [0.4, 0.5) is 9.18 Å². The van der Waals surface area contributed by atoms with Crippen molar-refractivity contribution >= 4 is 12.0 Å². The van der Waals surface area contributed by atoms with Crippen LogP contribution in [-0.2, 0) is 22.4 Å². The third-order valence-corrected chi connectivity index (χ3v) is 5.97. The molecule has 1 unspecified atom stereocenters. The number of nitrogens with one attached hydrogen (secondary N) is 2. The fraction of sp³-hybridized carbons (Fsp3) is 0.290. The number of rotatable bonds is 10. The summed E-state index contributed by atoms with van der Waals surface area (Å²) in [6.07, 6.45) is -0.313. The predicted octanol–water partition coefficient (Wildman–Crippen LogP) is 5.80. The fourth-order valence-corrected chi connectivity index (χ4v) is 4.19. The second-order valence-corrected chi connectivity index (χ2v) is 10.5. The van der Waals surface area contributed by atoms with Gasteiger partial charge in [-0.3, -0.25) is 4.79 Å². The van der Waals surface area contributed by atoms with Crippen molar-refractivity contribution < 1.29 is 23.2 Å². The average molecular weight is 545 g/mol. The van der Waals surface area contributed by atoms with E-state index in [1.54, 1.807) is 39.0 Å². The number of aromatic nitrogens is 2. The second kappa shape index (κ2) is 13.0. The lowest BCUT2D eigenvalue weighted by molar-refractivity contribution is -0.122. The topological polar surface area (TPSA) is 106 Å². The van der Waals surface area contributed by atoms with Gasteiger partial charge in [-0.15, -0.1) is 0 Å². The molecule has 1 heterocycles. The lowest BCUT2D eigenvalue weighted by atomic mass is 10.0. The molecular weight excluding hydrogens is 511 g/mol. The molecule has 208 valence electrons. The van der Waals surface area contributed by atoms with Gasteiger partial charge in [0.15, 0.2) is 0 Å². The van der Waals surface area contributed by atoms with E-state index in [1.807, 2.05) is 60.7 Å². The highest BCUT2D eigenvalue weighted by Crippen LogP contribution is 2.22. The number of hydrogen-bond acceptors (Lipinski definition) is 6. The Kier molecular flexibility index (Phi) is 9.27. The first kappa shape index (κ1) is 28.5. The zero-order valence-electron chi connectivity index (χ0n) is 22.8. The van der Waals surface area contributed by atoms with E-state index in [2.05, 4.69) is 20.8 Å². The molecule has 40 heavy (non-hydrogen) atoms. The van der Waals surface area contributed by atoms with Crippen molar-refractivity contribution in [3.63, 3.8) is 0 Å². The van der Waals surface area contributed by atoms with Gasteiger partial charge in [-0.25, -0.2) is 9.18 Å². The summed E-state index contributed by atoms with van der Waals surface area (Å²) in [7, 11) is 0. The standard InChI is InChI=1S/C31H33FN4O4/c1-31(2,3)39-30(38)33-24(19-23-16-10-11-17-25(23)32)20-27(37)34-26(18-21-12-6-4-7-13-21)29-35-28(36-40-29)22-14-8-5-9-15-22/h4-17,24,26H,18-20H2,1-3H3,(H,33,38)(H,34,37)/t24-,26?/m1/s1. The molecule has 0 saturated heterocycles. The van der Waals surface area contributed by atoms with Crippen LogP contribution >= 0.6 is 0 Å². The van der Waals surface area contributed by atoms with Crippen molar-refractivity contribution in [3.8, 4) is 11.4 Å². The Balaban J connectivity index is 1.53. The van der Waals surface area contributed by atoms with E-state index >= 15 is 0 Å². The summed E-state index contributed by atoms with van der Waals surface area (Å²) in [6, 6.07) is 23.9. The fourth-order valence-electron chi connectivity index (χ4n) is 4.19. The number of carbonyl (C=O) groups is 2. The summed E-state index contributed by atoms with van der Waals surface area (Å²) in [4.78, 5) is 30.5. The Bertz CT molecular complexity index is 1400. The van der Waals surface area contributed by atoms with Crippen LogP contribution in [0, 0.1) is 5.82 Å². The van der Waals surface area contributed by atoms with Gasteiger partial charge in [0.1, 0.15) is 17.5 Å². The smallest absolute Gasteiger partial charge is 0.407 e. The summed E-state index contributed by atoms with van der Waals surface area (Å²) in [5, 5.41) is 9.81. The van der Waals surface area contributed by atoms with Crippen LogP contribution in [0.2, 0.25) is 0 Å². The second-order valence-electron chi connectivity index (χ2n) is 10.5. The zero-order valence-corrected chi connectivity index (χ0v) is 22.8. The van der Waals surface area contributed by atoms with Gasteiger partial charge in [0, 0.05) is 24.4 Å². The number of ether oxygens (including phenoxy) is 1. The molecule has 4 rings (SSSR count). The molecule has 0 aliphatic carbocycles. The quantitative estimate of drug-likeness (QED) is 0.261. The Morgan fingerprint density at radius 1 is 0.900 bits per heavy atom. The van der Waals surface area contributed by atoms with Crippen molar-refractivity contribution in [2.45, 2.75) is 57.7 Å². The van der Waals surface area contributed by atoms with E-state index in [0.717, 1.165) is 11.1 Å². The van der Waals surface area contributed by atoms with Crippen molar-refractivity contribution in [2.75, 3.05) is 0 Å². The summed E-state index contributed by atoms with van der Waals surface area (Å²) in [5.74, 6) is -0.133. The van der Waals surface area contributed by atoms with Gasteiger partial charge >= 0.3 is 6.09 Å². The van der Waals surface area contributed by atoms with Crippen LogP contribution in [0.15, 0.2) is 89.5 Å². The van der Waals surface area contributed by atoms with Crippen LogP contribution < -0.4 is 10.6 Å². The van der Waals surface area contributed by atoms with Crippen LogP contribution in [0.3, 0.4) is 0 Å². The molecule has 0 radical (unpaired) electrons. The Hall–Kier alpha value is -4.53. The van der Waals surface area contributed by atoms with Gasteiger partial charge < -0.3 is 19.9 Å². The highest BCUT2D eigenvalue weighted by molar-refractivity contribution is 5.78. The minimum Gasteiger partial charge on any atom is -0.444 e. The zero-order chi connectivity index (χ0) is 28.5. The van der Waals surface area contributed by atoms with E-state index < -0.39 is 29.6 Å². The molecule has 0 bridgehead atoms. The molecule has 0 fully saturated rings. The average Bonchev–Trinajstić information content (AvgIpc) is 3.40. The molecule has 2 atom stereocenters. The molecular formula is C31H33FN4O4. The lowest BCUT2D eigenvalue weighted by Gasteiger charge is -2.24. The summed E-state index contributed by atoms with van der Waals surface area (Å²) in [5.41, 5.74) is 1.39. The summed E-state index contributed by atoms with van der Waals surface area (Å²) >= 11 is 0. The van der Waals surface area contributed by atoms with Crippen LogP contribution in [0.1, 0.15) is 50.3 Å². The van der Waals surface area contributed by atoms with Crippen molar-refractivity contribution in [2.24, 2.45) is 0 Å². The van der Waals surface area contributed by atoms with Crippen molar-refractivity contribution in [1.82, 2.24) is 20.8 Å². The third kappa shape index (κ3) is 8.49. The maximum absolute atomic E-state index is 14.4. The van der Waals surface area contributed by atoms with Gasteiger partial charge in [0.25, 0.3) is 0 Å². The Morgan fingerprint density at radius 3 is 2.23 bits per heavy atom. The maximum atomic E-state index is 14.4. The molecule has 2 N–H and O–H groups in total. The molecule has 9 heteroatoms. The van der Waals surface area contributed by atoms with Gasteiger partial charge in [-0.05, 0) is 44.4 Å². The normalized spacial score (nSPS) is 12.8. The minimum absolute atomic E-state index is 0.0986. The first-order valence-corrected chi connectivity index (χ1v) is 13.1. The Morgan fingerprint density at radius 2 is 1.55 bits per heavy atom. The van der Waals surface area contributed by atoms with E-state index in [-0.39, 0.29) is 24.6 Å². The molecule has 0 spiro atoms. The lowest BCUT2D eigenvalue weighted by Crippen LogP contribution is -2.43. The monoisotopic (exact) mass is 544 g/mol. The number of halogens is 1. The number of hydrogen-bond donors (Lipinski definition) is 2. The van der Waals surface area contributed by atoms with E-state index in [0.29, 0.717) is 17.8 Å². The number of carbonyl (C=O) groups excluding carboxylic acids is 2. The molecule has 3 aromatic carbocycles. The van der Waals surface area contributed by atoms with Gasteiger partial charge in [0.2, 0.25) is 17.6 Å². The Labute approximate surface area is 233 Å². The first-order valence-electron chi connectivity index (χ1n) is 13.1. The molecule has 0 aliphatic rings. The predicted molar refractivity (Wildman–Crippen MR) is 149 cm³/mol. The van der Waals surface area contributed by atoms with Gasteiger partial charge in [-0.2, -0.15) is 4.98 Å². The van der Waals surface area contributed by atoms with Crippen molar-refractivity contribution in [1.29, 1.82) is 0 Å². The van der Waals surface area contributed by atoms with E-state index in [9.17, 15) is 14.0 Å². The molecule has 8 nitrogen and oxygen atoms in total. The molecule has 1 aromatic heterocycles. The largest absolute Gasteiger partial charge is 0.444 e. The molecule has 0 aliphatic heterocycles. The minimum atomic E-state index is -0.732. The van der Waals surface area contributed by atoms with E-state index in [4.69, 9.17) is 9.26 Å². The summed E-state index contributed by atoms with van der Waals surface area (Å²) in [6.45, 7) is 5.23. The number of amides is 2. The molecule has 4 aromatic rings. The molecule has 2 amide bonds. The van der Waals surface area contributed by atoms with Crippen molar-refractivity contribution in [3.05, 3.63) is 108 Å². The van der Waals surface area contributed by atoms with Crippen LogP contribution in [0.5, 0.6) is 0 Å². The summed E-state index contributed by atoms with van der Waals surface area (Å²) < 4.78 is 25.4. The first-order chi connectivity index (χ1) is 19.2. The number of alkyl carbamates (subject to hydrolysis) is 1.